The maximum Gasteiger partial charge on any atom is 2.00 e. The van der Waals surface area contributed by atoms with E-state index in [1.807, 2.05) is 0 Å². The van der Waals surface area contributed by atoms with Gasteiger partial charge >= 0.3 is 88.4 Å². The normalized spacial score (nSPS) is 3.43. The van der Waals surface area contributed by atoms with Crippen molar-refractivity contribution < 1.29 is 109 Å². The topological polar surface area (TPSA) is 88.9 Å². The molecular formula is CHCsO4Zn. The van der Waals surface area contributed by atoms with Crippen LogP contribution in [0.4, 0.5) is 4.79 Å². The molecule has 0 heterocycles. The van der Waals surface area contributed by atoms with Crippen molar-refractivity contribution in [3.8, 4) is 0 Å². The van der Waals surface area contributed by atoms with Crippen molar-refractivity contribution in [1.29, 1.82) is 0 Å². The van der Waals surface area contributed by atoms with Crippen LogP contribution in [0.25, 0.3) is 0 Å². The van der Waals surface area contributed by atoms with Gasteiger partial charge in [0.2, 0.25) is 6.16 Å². The average molecular weight is 275 g/mol. The van der Waals surface area contributed by atoms with Crippen LogP contribution in [0.2, 0.25) is 0 Å². The Balaban J connectivity index is -0.0000000150. The zero-order valence-corrected chi connectivity index (χ0v) is 13.1. The second-order valence-corrected chi connectivity index (χ2v) is 0.266. The van der Waals surface area contributed by atoms with Crippen LogP contribution in [-0.2, 0) is 25.0 Å². The number of carboxylic acid groups (broad SMARTS) is 2. The van der Waals surface area contributed by atoms with Gasteiger partial charge in [-0.3, -0.25) is 0 Å². The molecule has 32 valence electrons. The second kappa shape index (κ2) is 15.7. The van der Waals surface area contributed by atoms with Crippen molar-refractivity contribution >= 4 is 6.16 Å². The van der Waals surface area contributed by atoms with Crippen LogP contribution in [0.1, 0.15) is 0 Å². The van der Waals surface area contributed by atoms with Crippen LogP contribution in [0.15, 0.2) is 0 Å². The molecule has 0 aliphatic rings. The van der Waals surface area contributed by atoms with Gasteiger partial charge in [0.15, 0.2) is 0 Å². The molecular weight excluding hydrogens is 274 g/mol. The van der Waals surface area contributed by atoms with Gasteiger partial charge in [0, 0.05) is 0 Å². The van der Waals surface area contributed by atoms with Gasteiger partial charge in [-0.25, -0.2) is 0 Å². The van der Waals surface area contributed by atoms with E-state index in [4.69, 9.17) is 15.0 Å². The fourth-order valence-corrected chi connectivity index (χ4v) is 0. The maximum absolute atomic E-state index is 8.44. The number of hydrogen-bond acceptors (Lipinski definition) is 2. The summed E-state index contributed by atoms with van der Waals surface area (Å²) in [5.74, 6) is 0. The molecule has 0 saturated carbocycles. The molecule has 7 heavy (non-hydrogen) atoms. The predicted molar refractivity (Wildman–Crippen MR) is 8.71 cm³/mol. The Bertz CT molecular complexity index is 34.7. The monoisotopic (exact) mass is 274 g/mol. The molecule has 0 aliphatic carbocycles. The van der Waals surface area contributed by atoms with Gasteiger partial charge in [-0.2, -0.15) is 0 Å². The third-order valence-corrected chi connectivity index (χ3v) is 0. The molecule has 0 spiro atoms. The van der Waals surface area contributed by atoms with Crippen molar-refractivity contribution in [2.75, 3.05) is 0 Å². The van der Waals surface area contributed by atoms with E-state index in [0.717, 1.165) is 0 Å². The molecule has 0 rings (SSSR count). The SMILES string of the molecule is O=C([O-])O.[Cs+].[O-2].[Zn+2]. The van der Waals surface area contributed by atoms with E-state index in [9.17, 15) is 0 Å². The molecule has 0 saturated heterocycles. The van der Waals surface area contributed by atoms with Gasteiger partial charge in [0.05, 0.1) is 0 Å². The standard InChI is InChI=1S/CH2O3.Cs.O.Zn/c2-1(3)4;;;/h(H2,2,3,4);;;/q;+1;-2;+2/p-1. The first-order valence-corrected chi connectivity index (χ1v) is 0.632. The Labute approximate surface area is 112 Å². The van der Waals surface area contributed by atoms with Crippen LogP contribution >= 0.6 is 0 Å². The molecule has 0 aromatic rings. The summed E-state index contributed by atoms with van der Waals surface area (Å²) in [6, 6.07) is 0. The number of hydrogen-bond donors (Lipinski definition) is 1. The maximum atomic E-state index is 8.44. The summed E-state index contributed by atoms with van der Waals surface area (Å²) in [5, 5.41) is 15.3. The van der Waals surface area contributed by atoms with Crippen LogP contribution in [0, 0.1) is 0 Å². The smallest absolute Gasteiger partial charge is 2.00 e. The van der Waals surface area contributed by atoms with Crippen molar-refractivity contribution in [3.63, 3.8) is 0 Å². The fourth-order valence-electron chi connectivity index (χ4n) is 0. The fraction of sp³-hybridized carbons (Fsp3) is 0. The molecule has 6 heteroatoms. The summed E-state index contributed by atoms with van der Waals surface area (Å²) in [7, 11) is 0. The van der Waals surface area contributed by atoms with Gasteiger partial charge in [-0.05, 0) is 0 Å². The van der Waals surface area contributed by atoms with Crippen LogP contribution < -0.4 is 74.0 Å². The van der Waals surface area contributed by atoms with Crippen molar-refractivity contribution in [3.05, 3.63) is 0 Å². The van der Waals surface area contributed by atoms with Gasteiger partial charge in [0.25, 0.3) is 0 Å². The van der Waals surface area contributed by atoms with E-state index in [0.29, 0.717) is 0 Å². The summed E-state index contributed by atoms with van der Waals surface area (Å²) >= 11 is 0. The van der Waals surface area contributed by atoms with Crippen LogP contribution in [0.3, 0.4) is 0 Å². The Kier molecular flexibility index (Phi) is 51.8. The Hall–Kier alpha value is 1.91. The molecule has 0 aromatic carbocycles. The first-order valence-electron chi connectivity index (χ1n) is 0.632. The van der Waals surface area contributed by atoms with Gasteiger partial charge in [0.1, 0.15) is 0 Å². The van der Waals surface area contributed by atoms with Crippen molar-refractivity contribution in [2.45, 2.75) is 0 Å². The molecule has 0 unspecified atom stereocenters. The summed E-state index contributed by atoms with van der Waals surface area (Å²) < 4.78 is 0. The van der Waals surface area contributed by atoms with Crippen LogP contribution in [0.5, 0.6) is 0 Å². The molecule has 1 N–H and O–H groups in total. The minimum Gasteiger partial charge on any atom is -2.00 e. The molecule has 0 aromatic heterocycles. The summed E-state index contributed by atoms with van der Waals surface area (Å²) in [6.07, 6.45) is -2.08. The number of rotatable bonds is 0. The Morgan fingerprint density at radius 2 is 1.57 bits per heavy atom. The Morgan fingerprint density at radius 3 is 1.57 bits per heavy atom. The van der Waals surface area contributed by atoms with Crippen molar-refractivity contribution in [2.24, 2.45) is 0 Å². The molecule has 0 aliphatic heterocycles. The van der Waals surface area contributed by atoms with Gasteiger partial charge < -0.3 is 20.5 Å². The minimum absolute atomic E-state index is 0. The van der Waals surface area contributed by atoms with E-state index in [-0.39, 0.29) is 93.8 Å². The first-order chi connectivity index (χ1) is 1.73. The predicted octanol–water partition coefficient (Wildman–Crippen LogP) is -4.23. The van der Waals surface area contributed by atoms with Crippen LogP contribution in [-0.4, -0.2) is 11.3 Å². The minimum atomic E-state index is -2.08. The summed E-state index contributed by atoms with van der Waals surface area (Å²) in [6.45, 7) is 0. The summed E-state index contributed by atoms with van der Waals surface area (Å²) in [5.41, 5.74) is 0. The molecule has 0 radical (unpaired) electrons. The molecule has 4 nitrogen and oxygen atoms in total. The third-order valence-electron chi connectivity index (χ3n) is 0. The van der Waals surface area contributed by atoms with Gasteiger partial charge in [-0.15, -0.1) is 0 Å². The number of carbonyl (C=O) groups is 1. The molecule has 0 fully saturated rings. The molecule has 0 amide bonds. The van der Waals surface area contributed by atoms with E-state index in [2.05, 4.69) is 0 Å². The van der Waals surface area contributed by atoms with E-state index in [1.54, 1.807) is 0 Å². The molecule has 0 atom stereocenters. The molecule has 0 bridgehead atoms. The first kappa shape index (κ1) is 23.1. The second-order valence-electron chi connectivity index (χ2n) is 0.266. The third kappa shape index (κ3) is 75.9. The van der Waals surface area contributed by atoms with Gasteiger partial charge in [-0.1, -0.05) is 0 Å². The quantitative estimate of drug-likeness (QED) is 0.454. The largest absolute Gasteiger partial charge is 2.00 e. The average Bonchev–Trinajstić information content (AvgIpc) is 0.811. The van der Waals surface area contributed by atoms with Crippen molar-refractivity contribution in [1.82, 2.24) is 0 Å². The summed E-state index contributed by atoms with van der Waals surface area (Å²) in [4.78, 5) is 8.44. The van der Waals surface area contributed by atoms with E-state index >= 15 is 0 Å². The van der Waals surface area contributed by atoms with E-state index < -0.39 is 6.16 Å². The zero-order valence-electron chi connectivity index (χ0n) is 3.88. The zero-order chi connectivity index (χ0) is 3.58. The Morgan fingerprint density at radius 1 is 1.57 bits per heavy atom. The van der Waals surface area contributed by atoms with E-state index in [1.165, 1.54) is 0 Å².